The van der Waals surface area contributed by atoms with Gasteiger partial charge in [-0.3, -0.25) is 5.32 Å². The van der Waals surface area contributed by atoms with Gasteiger partial charge in [0, 0.05) is 17.4 Å². The van der Waals surface area contributed by atoms with Crippen LogP contribution < -0.4 is 10.1 Å². The fourth-order valence-electron chi connectivity index (χ4n) is 3.32. The molecule has 0 aliphatic heterocycles. The van der Waals surface area contributed by atoms with Crippen molar-refractivity contribution in [3.05, 3.63) is 84.4 Å². The summed E-state index contributed by atoms with van der Waals surface area (Å²) >= 11 is 0. The van der Waals surface area contributed by atoms with Crippen molar-refractivity contribution in [2.24, 2.45) is 5.92 Å². The minimum atomic E-state index is -1.08. The molecule has 3 aromatic carbocycles. The number of benzene rings is 3. The second kappa shape index (κ2) is 11.0. The van der Waals surface area contributed by atoms with E-state index in [0.29, 0.717) is 17.0 Å². The number of hydrogen-bond acceptors (Lipinski definition) is 5. The van der Waals surface area contributed by atoms with Crippen molar-refractivity contribution < 1.29 is 29.3 Å². The third-order valence-electron chi connectivity index (χ3n) is 4.85. The monoisotopic (exact) mass is 435 g/mol. The molecular formula is C25H25NO6. The van der Waals surface area contributed by atoms with E-state index in [-0.39, 0.29) is 13.2 Å². The topological polar surface area (TPSA) is 105 Å². The van der Waals surface area contributed by atoms with Crippen molar-refractivity contribution in [3.8, 4) is 5.75 Å². The molecule has 0 aliphatic carbocycles. The van der Waals surface area contributed by atoms with Gasteiger partial charge in [0.25, 0.3) is 0 Å². The molecule has 0 unspecified atom stereocenters. The number of aliphatic hydroxyl groups excluding tert-OH is 1. The van der Waals surface area contributed by atoms with Gasteiger partial charge in [0.2, 0.25) is 0 Å². The average molecular weight is 435 g/mol. The first kappa shape index (κ1) is 22.8. The maximum Gasteiger partial charge on any atom is 0.412 e. The molecule has 0 aromatic heterocycles. The number of aliphatic hydroxyl groups is 1. The van der Waals surface area contributed by atoms with Crippen LogP contribution >= 0.6 is 0 Å². The van der Waals surface area contributed by atoms with Crippen LogP contribution in [0.5, 0.6) is 5.75 Å². The Hall–Kier alpha value is -3.84. The molecule has 0 bridgehead atoms. The van der Waals surface area contributed by atoms with E-state index in [0.717, 1.165) is 16.8 Å². The van der Waals surface area contributed by atoms with Crippen LogP contribution in [0.4, 0.5) is 10.5 Å². The molecule has 0 spiro atoms. The molecule has 0 saturated carbocycles. The number of carbonyl (C=O) groups is 2. The molecule has 7 heteroatoms. The van der Waals surface area contributed by atoms with Crippen molar-refractivity contribution in [3.63, 3.8) is 0 Å². The van der Waals surface area contributed by atoms with Crippen molar-refractivity contribution in [2.75, 3.05) is 18.5 Å². The van der Waals surface area contributed by atoms with Gasteiger partial charge in [0.1, 0.15) is 18.5 Å². The molecule has 3 rings (SSSR count). The molecule has 7 nitrogen and oxygen atoms in total. The number of carbonyl (C=O) groups excluding carboxylic acids is 1. The van der Waals surface area contributed by atoms with Crippen molar-refractivity contribution >= 4 is 28.5 Å². The predicted octanol–water partition coefficient (Wildman–Crippen LogP) is 4.78. The Morgan fingerprint density at radius 1 is 1.03 bits per heavy atom. The molecule has 0 radical (unpaired) electrons. The van der Waals surface area contributed by atoms with Crippen molar-refractivity contribution in [1.29, 1.82) is 0 Å². The zero-order valence-electron chi connectivity index (χ0n) is 17.6. The Labute approximate surface area is 185 Å². The summed E-state index contributed by atoms with van der Waals surface area (Å²) in [5.74, 6) is -0.923. The molecule has 0 heterocycles. The number of carboxylic acid groups (broad SMARTS) is 1. The third kappa shape index (κ3) is 6.09. The highest BCUT2D eigenvalue weighted by atomic mass is 16.6. The summed E-state index contributed by atoms with van der Waals surface area (Å²) in [5, 5.41) is 22.5. The molecule has 1 amide bonds. The fourth-order valence-corrected chi connectivity index (χ4v) is 3.32. The van der Waals surface area contributed by atoms with Crippen LogP contribution in [0.1, 0.15) is 18.6 Å². The number of fused-ring (bicyclic) bond motifs is 1. The Morgan fingerprint density at radius 2 is 1.75 bits per heavy atom. The van der Waals surface area contributed by atoms with Gasteiger partial charge in [-0.15, -0.1) is 0 Å². The van der Waals surface area contributed by atoms with Crippen LogP contribution in [-0.4, -0.2) is 35.5 Å². The Balaban J connectivity index is 1.81. The lowest BCUT2D eigenvalue weighted by atomic mass is 9.96. The number of nitrogens with one attached hydrogen (secondary N) is 1. The molecular weight excluding hydrogens is 410 g/mol. The Bertz CT molecular complexity index is 1090. The minimum Gasteiger partial charge on any atom is -0.491 e. The van der Waals surface area contributed by atoms with E-state index in [4.69, 9.17) is 19.7 Å². The molecule has 3 N–H and O–H groups in total. The first-order chi connectivity index (χ1) is 15.5. The number of amides is 1. The van der Waals surface area contributed by atoms with Gasteiger partial charge in [-0.2, -0.15) is 0 Å². The van der Waals surface area contributed by atoms with E-state index < -0.39 is 24.1 Å². The number of carboxylic acids is 1. The Kier molecular flexibility index (Phi) is 7.83. The van der Waals surface area contributed by atoms with E-state index in [2.05, 4.69) is 5.32 Å². The number of anilines is 1. The third-order valence-corrected chi connectivity index (χ3v) is 4.85. The molecule has 3 aromatic rings. The summed E-state index contributed by atoms with van der Waals surface area (Å²) in [6.07, 6.45) is 1.13. The summed E-state index contributed by atoms with van der Waals surface area (Å²) in [5.41, 5.74) is 1.30. The fraction of sp³-hybridized carbons (Fsp3) is 0.200. The average Bonchev–Trinajstić information content (AvgIpc) is 2.80. The summed E-state index contributed by atoms with van der Waals surface area (Å²) in [6.45, 7) is 1.84. The molecule has 32 heavy (non-hydrogen) atoms. The van der Waals surface area contributed by atoms with Gasteiger partial charge < -0.3 is 19.7 Å². The van der Waals surface area contributed by atoms with Gasteiger partial charge in [-0.1, -0.05) is 61.5 Å². The number of ether oxygens (including phenoxy) is 2. The molecule has 0 fully saturated rings. The van der Waals surface area contributed by atoms with Crippen LogP contribution in [0, 0.1) is 5.92 Å². The van der Waals surface area contributed by atoms with E-state index in [1.165, 1.54) is 6.08 Å². The zero-order valence-corrected chi connectivity index (χ0v) is 17.6. The van der Waals surface area contributed by atoms with E-state index >= 15 is 0 Å². The maximum absolute atomic E-state index is 12.8. The van der Waals surface area contributed by atoms with Crippen molar-refractivity contribution in [1.82, 2.24) is 0 Å². The first-order valence-corrected chi connectivity index (χ1v) is 10.2. The standard InChI is InChI=1S/C25H25NO6/c1-17(9-14-23(28)29)24(19-10-12-20(13-11-19)31-16-15-27)32-25(30)26-22-8-4-6-18-5-2-3-7-21(18)22/h2-14,17,24,27H,15-16H2,1H3,(H,26,30)(H,28,29)/b14-9+/t17-,24-/m0/s1. The second-order valence-corrected chi connectivity index (χ2v) is 7.18. The highest BCUT2D eigenvalue weighted by molar-refractivity contribution is 6.00. The van der Waals surface area contributed by atoms with Crippen LogP contribution in [0.2, 0.25) is 0 Å². The second-order valence-electron chi connectivity index (χ2n) is 7.18. The molecule has 166 valence electrons. The van der Waals surface area contributed by atoms with Crippen LogP contribution in [0.3, 0.4) is 0 Å². The van der Waals surface area contributed by atoms with Crippen LogP contribution in [0.15, 0.2) is 78.9 Å². The lowest BCUT2D eigenvalue weighted by molar-refractivity contribution is -0.131. The lowest BCUT2D eigenvalue weighted by Gasteiger charge is -2.23. The summed E-state index contributed by atoms with van der Waals surface area (Å²) in [4.78, 5) is 23.7. The van der Waals surface area contributed by atoms with Crippen LogP contribution in [0.25, 0.3) is 10.8 Å². The van der Waals surface area contributed by atoms with Gasteiger partial charge in [-0.25, -0.2) is 9.59 Å². The minimum absolute atomic E-state index is 0.0984. The zero-order chi connectivity index (χ0) is 22.9. The van der Waals surface area contributed by atoms with E-state index in [1.54, 1.807) is 37.3 Å². The van der Waals surface area contributed by atoms with E-state index in [9.17, 15) is 9.59 Å². The number of hydrogen-bond donors (Lipinski definition) is 3. The maximum atomic E-state index is 12.8. The number of rotatable bonds is 9. The lowest BCUT2D eigenvalue weighted by Crippen LogP contribution is -2.21. The van der Waals surface area contributed by atoms with Gasteiger partial charge in [0.05, 0.1) is 12.3 Å². The van der Waals surface area contributed by atoms with Gasteiger partial charge in [0.15, 0.2) is 0 Å². The Morgan fingerprint density at radius 3 is 2.47 bits per heavy atom. The molecule has 0 saturated heterocycles. The SMILES string of the molecule is C[C@@H](/C=C/C(=O)O)[C@H](OC(=O)Nc1cccc2ccccc12)c1ccc(OCCO)cc1. The predicted molar refractivity (Wildman–Crippen MR) is 122 cm³/mol. The normalized spacial score (nSPS) is 12.9. The van der Waals surface area contributed by atoms with E-state index in [1.807, 2.05) is 36.4 Å². The summed E-state index contributed by atoms with van der Waals surface area (Å²) < 4.78 is 11.1. The highest BCUT2D eigenvalue weighted by Gasteiger charge is 2.23. The van der Waals surface area contributed by atoms with Gasteiger partial charge in [-0.05, 0) is 29.1 Å². The molecule has 0 aliphatic rings. The summed E-state index contributed by atoms with van der Waals surface area (Å²) in [6, 6.07) is 20.2. The van der Waals surface area contributed by atoms with Crippen molar-refractivity contribution in [2.45, 2.75) is 13.0 Å². The first-order valence-electron chi connectivity index (χ1n) is 10.2. The number of aliphatic carboxylic acids is 1. The highest BCUT2D eigenvalue weighted by Crippen LogP contribution is 2.30. The van der Waals surface area contributed by atoms with Gasteiger partial charge >= 0.3 is 12.1 Å². The molecule has 2 atom stereocenters. The van der Waals surface area contributed by atoms with Crippen LogP contribution in [-0.2, 0) is 9.53 Å². The quantitative estimate of drug-likeness (QED) is 0.418. The summed E-state index contributed by atoms with van der Waals surface area (Å²) in [7, 11) is 0. The smallest absolute Gasteiger partial charge is 0.412 e. The largest absolute Gasteiger partial charge is 0.491 e.